The van der Waals surface area contributed by atoms with Gasteiger partial charge in [-0.2, -0.15) is 0 Å². The minimum atomic E-state index is -0.290. The molecule has 1 atom stereocenters. The summed E-state index contributed by atoms with van der Waals surface area (Å²) < 4.78 is 13.4. The SMILES string of the molecule is CCC(C)C(=O)CN(C)c1ccccc1F. The van der Waals surface area contributed by atoms with Crippen molar-refractivity contribution in [2.45, 2.75) is 20.3 Å². The monoisotopic (exact) mass is 223 g/mol. The van der Waals surface area contributed by atoms with E-state index in [-0.39, 0.29) is 24.1 Å². The largest absolute Gasteiger partial charge is 0.365 e. The van der Waals surface area contributed by atoms with Gasteiger partial charge in [-0.15, -0.1) is 0 Å². The fourth-order valence-corrected chi connectivity index (χ4v) is 1.46. The van der Waals surface area contributed by atoms with Gasteiger partial charge in [0.1, 0.15) is 5.82 Å². The van der Waals surface area contributed by atoms with Crippen LogP contribution in [0.5, 0.6) is 0 Å². The van der Waals surface area contributed by atoms with Gasteiger partial charge in [-0.05, 0) is 18.6 Å². The molecule has 0 saturated heterocycles. The molecule has 3 heteroatoms. The number of rotatable bonds is 5. The van der Waals surface area contributed by atoms with E-state index in [9.17, 15) is 9.18 Å². The zero-order valence-electron chi connectivity index (χ0n) is 10.0. The number of anilines is 1. The van der Waals surface area contributed by atoms with Crippen molar-refractivity contribution in [2.75, 3.05) is 18.5 Å². The summed E-state index contributed by atoms with van der Waals surface area (Å²) in [4.78, 5) is 13.4. The summed E-state index contributed by atoms with van der Waals surface area (Å²) in [6, 6.07) is 6.49. The molecule has 0 aliphatic rings. The normalized spacial score (nSPS) is 12.2. The molecule has 0 amide bonds. The van der Waals surface area contributed by atoms with Crippen LogP contribution in [0.25, 0.3) is 0 Å². The Morgan fingerprint density at radius 3 is 2.62 bits per heavy atom. The number of para-hydroxylation sites is 1. The number of Topliss-reactive ketones (excluding diaryl/α,β-unsaturated/α-hetero) is 1. The van der Waals surface area contributed by atoms with Crippen LogP contribution in [0.1, 0.15) is 20.3 Å². The number of carbonyl (C=O) groups excluding carboxylic acids is 1. The van der Waals surface area contributed by atoms with Gasteiger partial charge in [0.05, 0.1) is 12.2 Å². The number of nitrogens with zero attached hydrogens (tertiary/aromatic N) is 1. The second-order valence-corrected chi connectivity index (χ2v) is 4.08. The van der Waals surface area contributed by atoms with E-state index in [1.807, 2.05) is 13.8 Å². The standard InChI is InChI=1S/C13H18FNO/c1-4-10(2)13(16)9-15(3)12-8-6-5-7-11(12)14/h5-8,10H,4,9H2,1-3H3. The highest BCUT2D eigenvalue weighted by Crippen LogP contribution is 2.17. The number of hydrogen-bond acceptors (Lipinski definition) is 2. The Kier molecular flexibility index (Phi) is 4.47. The molecule has 1 rings (SSSR count). The molecule has 1 aromatic rings. The first-order valence-electron chi connectivity index (χ1n) is 5.54. The van der Waals surface area contributed by atoms with Crippen LogP contribution in [-0.4, -0.2) is 19.4 Å². The molecule has 88 valence electrons. The maximum Gasteiger partial charge on any atom is 0.154 e. The van der Waals surface area contributed by atoms with Gasteiger partial charge >= 0.3 is 0 Å². The highest BCUT2D eigenvalue weighted by molar-refractivity contribution is 5.85. The van der Waals surface area contributed by atoms with Crippen molar-refractivity contribution in [3.63, 3.8) is 0 Å². The smallest absolute Gasteiger partial charge is 0.154 e. The summed E-state index contributed by atoms with van der Waals surface area (Å²) in [6.45, 7) is 4.14. The fourth-order valence-electron chi connectivity index (χ4n) is 1.46. The highest BCUT2D eigenvalue weighted by atomic mass is 19.1. The Hall–Kier alpha value is -1.38. The van der Waals surface area contributed by atoms with Crippen LogP contribution in [0.2, 0.25) is 0 Å². The van der Waals surface area contributed by atoms with Gasteiger partial charge < -0.3 is 4.90 Å². The van der Waals surface area contributed by atoms with Gasteiger partial charge in [0.2, 0.25) is 0 Å². The van der Waals surface area contributed by atoms with E-state index in [0.717, 1.165) is 6.42 Å². The lowest BCUT2D eigenvalue weighted by Crippen LogP contribution is -2.29. The fraction of sp³-hybridized carbons (Fsp3) is 0.462. The third-order valence-corrected chi connectivity index (χ3v) is 2.82. The van der Waals surface area contributed by atoms with Gasteiger partial charge in [0.15, 0.2) is 5.78 Å². The molecule has 0 bridgehead atoms. The average molecular weight is 223 g/mol. The number of ketones is 1. The van der Waals surface area contributed by atoms with E-state index in [0.29, 0.717) is 5.69 Å². The maximum atomic E-state index is 13.4. The van der Waals surface area contributed by atoms with E-state index >= 15 is 0 Å². The van der Waals surface area contributed by atoms with E-state index in [1.165, 1.54) is 6.07 Å². The summed E-state index contributed by atoms with van der Waals surface area (Å²) in [6.07, 6.45) is 0.823. The van der Waals surface area contributed by atoms with Crippen molar-refractivity contribution in [2.24, 2.45) is 5.92 Å². The number of benzene rings is 1. The van der Waals surface area contributed by atoms with Crippen LogP contribution in [0.3, 0.4) is 0 Å². The molecule has 1 unspecified atom stereocenters. The molecule has 0 aliphatic carbocycles. The summed E-state index contributed by atoms with van der Waals surface area (Å²) in [5, 5.41) is 0. The van der Waals surface area contributed by atoms with Gasteiger partial charge in [-0.3, -0.25) is 4.79 Å². The van der Waals surface area contributed by atoms with Crippen molar-refractivity contribution < 1.29 is 9.18 Å². The average Bonchev–Trinajstić information content (AvgIpc) is 2.28. The van der Waals surface area contributed by atoms with E-state index in [2.05, 4.69) is 0 Å². The van der Waals surface area contributed by atoms with Gasteiger partial charge in [0.25, 0.3) is 0 Å². The molecule has 0 N–H and O–H groups in total. The summed E-state index contributed by atoms with van der Waals surface area (Å²) in [5.41, 5.74) is 0.471. The number of carbonyl (C=O) groups is 1. The minimum absolute atomic E-state index is 0.0363. The highest BCUT2D eigenvalue weighted by Gasteiger charge is 2.15. The summed E-state index contributed by atoms with van der Waals surface area (Å²) >= 11 is 0. The van der Waals surface area contributed by atoms with Crippen molar-refractivity contribution >= 4 is 11.5 Å². The Balaban J connectivity index is 2.69. The second kappa shape index (κ2) is 5.64. The molecule has 1 aromatic carbocycles. The lowest BCUT2D eigenvalue weighted by Gasteiger charge is -2.20. The summed E-state index contributed by atoms with van der Waals surface area (Å²) in [5.74, 6) is -0.107. The molecule has 16 heavy (non-hydrogen) atoms. The van der Waals surface area contributed by atoms with Crippen LogP contribution in [-0.2, 0) is 4.79 Å². The minimum Gasteiger partial charge on any atom is -0.365 e. The van der Waals surface area contributed by atoms with Crippen molar-refractivity contribution in [3.05, 3.63) is 30.1 Å². The predicted molar refractivity (Wildman–Crippen MR) is 64.1 cm³/mol. The first kappa shape index (κ1) is 12.7. The van der Waals surface area contributed by atoms with E-state index in [4.69, 9.17) is 0 Å². The van der Waals surface area contributed by atoms with Crippen LogP contribution in [0.15, 0.2) is 24.3 Å². The van der Waals surface area contributed by atoms with Gasteiger partial charge in [-0.1, -0.05) is 26.0 Å². The van der Waals surface area contributed by atoms with Gasteiger partial charge in [0, 0.05) is 13.0 Å². The first-order valence-corrected chi connectivity index (χ1v) is 5.54. The molecular weight excluding hydrogens is 205 g/mol. The number of likely N-dealkylation sites (N-methyl/N-ethyl adjacent to an activating group) is 1. The molecule has 0 spiro atoms. The van der Waals surface area contributed by atoms with E-state index < -0.39 is 0 Å². The van der Waals surface area contributed by atoms with Crippen LogP contribution in [0, 0.1) is 11.7 Å². The predicted octanol–water partition coefficient (Wildman–Crippen LogP) is 2.88. The van der Waals surface area contributed by atoms with Gasteiger partial charge in [-0.25, -0.2) is 4.39 Å². The topological polar surface area (TPSA) is 20.3 Å². The molecule has 0 heterocycles. The second-order valence-electron chi connectivity index (χ2n) is 4.08. The van der Waals surface area contributed by atoms with Crippen molar-refractivity contribution in [3.8, 4) is 0 Å². The third-order valence-electron chi connectivity index (χ3n) is 2.82. The van der Waals surface area contributed by atoms with Crippen LogP contribution in [0.4, 0.5) is 10.1 Å². The van der Waals surface area contributed by atoms with E-state index in [1.54, 1.807) is 30.1 Å². The molecular formula is C13H18FNO. The molecule has 0 saturated carbocycles. The Morgan fingerprint density at radius 2 is 2.06 bits per heavy atom. The Bertz CT molecular complexity index is 365. The molecule has 0 fully saturated rings. The zero-order chi connectivity index (χ0) is 12.1. The quantitative estimate of drug-likeness (QED) is 0.765. The van der Waals surface area contributed by atoms with Crippen molar-refractivity contribution in [1.82, 2.24) is 0 Å². The van der Waals surface area contributed by atoms with Crippen LogP contribution < -0.4 is 4.90 Å². The lowest BCUT2D eigenvalue weighted by atomic mass is 10.0. The Labute approximate surface area is 96.1 Å². The number of hydrogen-bond donors (Lipinski definition) is 0. The number of halogens is 1. The molecule has 0 aliphatic heterocycles. The molecule has 0 radical (unpaired) electrons. The first-order chi connectivity index (χ1) is 7.56. The Morgan fingerprint density at radius 1 is 1.44 bits per heavy atom. The maximum absolute atomic E-state index is 13.4. The zero-order valence-corrected chi connectivity index (χ0v) is 10.0. The van der Waals surface area contributed by atoms with Crippen LogP contribution >= 0.6 is 0 Å². The van der Waals surface area contributed by atoms with Crippen molar-refractivity contribution in [1.29, 1.82) is 0 Å². The summed E-state index contributed by atoms with van der Waals surface area (Å²) in [7, 11) is 1.73. The molecule has 0 aromatic heterocycles. The third kappa shape index (κ3) is 3.05. The molecule has 2 nitrogen and oxygen atoms in total. The lowest BCUT2D eigenvalue weighted by molar-refractivity contribution is -0.121.